The van der Waals surface area contributed by atoms with Gasteiger partial charge in [-0.25, -0.2) is 18.3 Å². The van der Waals surface area contributed by atoms with Gasteiger partial charge >= 0.3 is 0 Å². The van der Waals surface area contributed by atoms with Crippen LogP contribution in [0.25, 0.3) is 16.9 Å². The molecule has 0 radical (unpaired) electrons. The molecule has 2 heterocycles. The van der Waals surface area contributed by atoms with E-state index in [0.29, 0.717) is 22.7 Å². The topological polar surface area (TPSA) is 59.7 Å². The number of methoxy groups -OCH3 is 1. The van der Waals surface area contributed by atoms with Crippen LogP contribution in [0.15, 0.2) is 66.9 Å². The maximum absolute atomic E-state index is 13.7. The molecular formula is C22H18F2N4O2. The number of nitrogens with zero attached hydrogens (tertiary/aromatic N) is 4. The largest absolute Gasteiger partial charge is 0.497 e. The fraction of sp³-hybridized carbons (Fsp3) is 0.136. The summed E-state index contributed by atoms with van der Waals surface area (Å²) in [4.78, 5) is 19.0. The van der Waals surface area contributed by atoms with Crippen molar-refractivity contribution in [2.24, 2.45) is 0 Å². The van der Waals surface area contributed by atoms with E-state index in [9.17, 15) is 13.6 Å². The van der Waals surface area contributed by atoms with Crippen LogP contribution in [-0.2, 0) is 0 Å². The highest BCUT2D eigenvalue weighted by molar-refractivity contribution is 6.09. The Kier molecular flexibility index (Phi) is 5.14. The number of alkyl halides is 2. The third kappa shape index (κ3) is 3.47. The molecule has 152 valence electrons. The van der Waals surface area contributed by atoms with Gasteiger partial charge in [-0.1, -0.05) is 18.2 Å². The van der Waals surface area contributed by atoms with E-state index in [1.165, 1.54) is 17.2 Å². The van der Waals surface area contributed by atoms with Crippen LogP contribution in [0.3, 0.4) is 0 Å². The van der Waals surface area contributed by atoms with E-state index in [1.54, 1.807) is 50.6 Å². The Bertz CT molecular complexity index is 1190. The zero-order valence-corrected chi connectivity index (χ0v) is 16.3. The Labute approximate surface area is 171 Å². The van der Waals surface area contributed by atoms with E-state index >= 15 is 0 Å². The van der Waals surface area contributed by atoms with Crippen LogP contribution in [0, 0.1) is 0 Å². The minimum atomic E-state index is -2.79. The summed E-state index contributed by atoms with van der Waals surface area (Å²) in [7, 11) is 3.16. The lowest BCUT2D eigenvalue weighted by molar-refractivity contribution is 0.0994. The molecule has 0 fully saturated rings. The van der Waals surface area contributed by atoms with Crippen LogP contribution in [-0.4, -0.2) is 34.7 Å². The summed E-state index contributed by atoms with van der Waals surface area (Å²) in [5, 5.41) is 4.01. The zero-order valence-electron chi connectivity index (χ0n) is 16.3. The number of ether oxygens (including phenoxy) is 1. The van der Waals surface area contributed by atoms with E-state index in [2.05, 4.69) is 10.1 Å². The monoisotopic (exact) mass is 408 g/mol. The predicted octanol–water partition coefficient (Wildman–Crippen LogP) is 4.62. The average molecular weight is 408 g/mol. The van der Waals surface area contributed by atoms with Gasteiger partial charge in [-0.3, -0.25) is 4.79 Å². The van der Waals surface area contributed by atoms with Gasteiger partial charge in [0.05, 0.1) is 19.0 Å². The molecular weight excluding hydrogens is 390 g/mol. The Morgan fingerprint density at radius 2 is 1.80 bits per heavy atom. The quantitative estimate of drug-likeness (QED) is 0.484. The standard InChI is InChI=1S/C22H18F2N4O2/c1-27(15-6-4-3-5-7-15)22(29)17-13-25-28-19(20(23)24)12-18(26-21(17)28)14-8-10-16(30-2)11-9-14/h3-13,20H,1-2H3. The number of hydrogen-bond acceptors (Lipinski definition) is 4. The first-order valence-corrected chi connectivity index (χ1v) is 9.14. The molecule has 0 spiro atoms. The first-order chi connectivity index (χ1) is 14.5. The van der Waals surface area contributed by atoms with Gasteiger partial charge in [0.1, 0.15) is 17.0 Å². The fourth-order valence-corrected chi connectivity index (χ4v) is 3.15. The highest BCUT2D eigenvalue weighted by atomic mass is 19.3. The van der Waals surface area contributed by atoms with Crippen LogP contribution in [0.2, 0.25) is 0 Å². The van der Waals surface area contributed by atoms with Crippen molar-refractivity contribution in [1.29, 1.82) is 0 Å². The van der Waals surface area contributed by atoms with Gasteiger partial charge in [-0.15, -0.1) is 0 Å². The number of anilines is 1. The van der Waals surface area contributed by atoms with Gasteiger partial charge < -0.3 is 9.64 Å². The Morgan fingerprint density at radius 1 is 1.10 bits per heavy atom. The van der Waals surface area contributed by atoms with Gasteiger partial charge in [-0.2, -0.15) is 5.10 Å². The summed E-state index contributed by atoms with van der Waals surface area (Å²) in [6.07, 6.45) is -1.52. The Hall–Kier alpha value is -3.81. The predicted molar refractivity (Wildman–Crippen MR) is 109 cm³/mol. The molecule has 6 nitrogen and oxygen atoms in total. The SMILES string of the molecule is COc1ccc(-c2cc(C(F)F)n3ncc(C(=O)N(C)c4ccccc4)c3n2)cc1. The third-order valence-corrected chi connectivity index (χ3v) is 4.79. The van der Waals surface area contributed by atoms with E-state index in [0.717, 1.165) is 4.52 Å². The fourth-order valence-electron chi connectivity index (χ4n) is 3.15. The number of fused-ring (bicyclic) bond motifs is 1. The smallest absolute Gasteiger partial charge is 0.280 e. The van der Waals surface area contributed by atoms with Crippen molar-refractivity contribution in [2.75, 3.05) is 19.1 Å². The molecule has 0 saturated heterocycles. The van der Waals surface area contributed by atoms with Gasteiger partial charge in [0.25, 0.3) is 12.3 Å². The summed E-state index contributed by atoms with van der Waals surface area (Å²) in [6.45, 7) is 0. The number of halogens is 2. The molecule has 0 bridgehead atoms. The van der Waals surface area contributed by atoms with Crippen molar-refractivity contribution in [2.45, 2.75) is 6.43 Å². The number of para-hydroxylation sites is 1. The van der Waals surface area contributed by atoms with E-state index in [-0.39, 0.29) is 16.9 Å². The van der Waals surface area contributed by atoms with Crippen molar-refractivity contribution in [3.05, 3.63) is 78.1 Å². The lowest BCUT2D eigenvalue weighted by Crippen LogP contribution is -2.26. The average Bonchev–Trinajstić information content (AvgIpc) is 3.22. The van der Waals surface area contributed by atoms with Crippen LogP contribution in [0.1, 0.15) is 22.5 Å². The first kappa shape index (κ1) is 19.5. The normalized spacial score (nSPS) is 11.1. The van der Waals surface area contributed by atoms with E-state index < -0.39 is 12.3 Å². The minimum absolute atomic E-state index is 0.0754. The molecule has 2 aromatic carbocycles. The number of amides is 1. The highest BCUT2D eigenvalue weighted by Gasteiger charge is 2.23. The summed E-state index contributed by atoms with van der Waals surface area (Å²) >= 11 is 0. The van der Waals surface area contributed by atoms with Gasteiger partial charge in [0.15, 0.2) is 5.65 Å². The Morgan fingerprint density at radius 3 is 2.43 bits per heavy atom. The zero-order chi connectivity index (χ0) is 21.3. The highest BCUT2D eigenvalue weighted by Crippen LogP contribution is 2.28. The Balaban J connectivity index is 1.83. The molecule has 1 amide bonds. The minimum Gasteiger partial charge on any atom is -0.497 e. The first-order valence-electron chi connectivity index (χ1n) is 9.14. The molecule has 4 aromatic rings. The van der Waals surface area contributed by atoms with Crippen LogP contribution in [0.5, 0.6) is 5.75 Å². The molecule has 2 aromatic heterocycles. The van der Waals surface area contributed by atoms with E-state index in [1.807, 2.05) is 18.2 Å². The molecule has 4 rings (SSSR count). The molecule has 30 heavy (non-hydrogen) atoms. The number of rotatable bonds is 5. The maximum atomic E-state index is 13.7. The van der Waals surface area contributed by atoms with Crippen molar-refractivity contribution >= 4 is 17.2 Å². The van der Waals surface area contributed by atoms with Crippen molar-refractivity contribution < 1.29 is 18.3 Å². The van der Waals surface area contributed by atoms with Gasteiger partial charge in [0.2, 0.25) is 0 Å². The van der Waals surface area contributed by atoms with Crippen molar-refractivity contribution in [3.63, 3.8) is 0 Å². The third-order valence-electron chi connectivity index (χ3n) is 4.79. The van der Waals surface area contributed by atoms with Crippen molar-refractivity contribution in [3.8, 4) is 17.0 Å². The van der Waals surface area contributed by atoms with Crippen LogP contribution in [0.4, 0.5) is 14.5 Å². The van der Waals surface area contributed by atoms with E-state index in [4.69, 9.17) is 4.74 Å². The second-order valence-electron chi connectivity index (χ2n) is 6.59. The number of benzene rings is 2. The van der Waals surface area contributed by atoms with Crippen molar-refractivity contribution in [1.82, 2.24) is 14.6 Å². The number of hydrogen-bond donors (Lipinski definition) is 0. The second kappa shape index (κ2) is 7.90. The number of aromatic nitrogens is 3. The molecule has 0 atom stereocenters. The molecule has 0 aliphatic carbocycles. The summed E-state index contributed by atoms with van der Waals surface area (Å²) in [5.74, 6) is 0.245. The summed E-state index contributed by atoms with van der Waals surface area (Å²) in [6, 6.07) is 17.2. The number of carbonyl (C=O) groups excluding carboxylic acids is 1. The lowest BCUT2D eigenvalue weighted by Gasteiger charge is -2.16. The molecule has 0 unspecified atom stereocenters. The summed E-state index contributed by atoms with van der Waals surface area (Å²) < 4.78 is 33.6. The second-order valence-corrected chi connectivity index (χ2v) is 6.59. The molecule has 0 aliphatic rings. The molecule has 0 aliphatic heterocycles. The van der Waals surface area contributed by atoms with Crippen LogP contribution >= 0.6 is 0 Å². The molecule has 0 N–H and O–H groups in total. The molecule has 0 saturated carbocycles. The maximum Gasteiger partial charge on any atom is 0.280 e. The van der Waals surface area contributed by atoms with Gasteiger partial charge in [0, 0.05) is 18.3 Å². The van der Waals surface area contributed by atoms with Crippen LogP contribution < -0.4 is 9.64 Å². The number of carbonyl (C=O) groups is 1. The lowest BCUT2D eigenvalue weighted by atomic mass is 10.1. The van der Waals surface area contributed by atoms with Gasteiger partial charge in [-0.05, 0) is 42.5 Å². The molecule has 8 heteroatoms. The summed E-state index contributed by atoms with van der Waals surface area (Å²) in [5.41, 5.74) is 1.48.